The summed E-state index contributed by atoms with van der Waals surface area (Å²) in [6.45, 7) is 0.645. The fraction of sp³-hybridized carbons (Fsp3) is 0.250. The van der Waals surface area contributed by atoms with E-state index in [9.17, 15) is 24.6 Å². The summed E-state index contributed by atoms with van der Waals surface area (Å²) in [5.41, 5.74) is 0.165. The van der Waals surface area contributed by atoms with Gasteiger partial charge in [-0.05, 0) is 37.1 Å². The van der Waals surface area contributed by atoms with E-state index in [0.29, 0.717) is 25.5 Å². The third-order valence-corrected chi connectivity index (χ3v) is 4.66. The number of phenols is 2. The molecular weight excluding hydrogens is 350 g/mol. The van der Waals surface area contributed by atoms with E-state index in [1.807, 2.05) is 0 Å². The first-order valence-electron chi connectivity index (χ1n) is 8.55. The van der Waals surface area contributed by atoms with Crippen LogP contribution in [0, 0.1) is 0 Å². The van der Waals surface area contributed by atoms with Crippen molar-refractivity contribution in [3.8, 4) is 17.2 Å². The van der Waals surface area contributed by atoms with Crippen LogP contribution < -0.4 is 4.74 Å². The Morgan fingerprint density at radius 2 is 1.74 bits per heavy atom. The second-order valence-corrected chi connectivity index (χ2v) is 6.27. The number of rotatable bonds is 6. The molecule has 1 aliphatic heterocycles. The molecule has 0 aromatic heterocycles. The third-order valence-electron chi connectivity index (χ3n) is 4.66. The highest BCUT2D eigenvalue weighted by atomic mass is 16.5. The Kier molecular flexibility index (Phi) is 5.40. The van der Waals surface area contributed by atoms with Gasteiger partial charge in [-0.1, -0.05) is 12.1 Å². The van der Waals surface area contributed by atoms with E-state index in [4.69, 9.17) is 4.74 Å². The first-order valence-corrected chi connectivity index (χ1v) is 8.55. The topological polar surface area (TPSA) is 104 Å². The average molecular weight is 369 g/mol. The standard InChI is InChI=1S/C20H19NO6/c22-10-15-14(5-1-6-17(15)24)20(26)21-9-3-4-13(21)12-27-19-8-2-7-18(25)16(19)11-23/h1-2,5-8,10-11,13,24-25H,3-4,9,12H2. The molecular formula is C20H19NO6. The number of carbonyl (C=O) groups excluding carboxylic acids is 3. The van der Waals surface area contributed by atoms with Gasteiger partial charge in [0.2, 0.25) is 0 Å². The number of aromatic hydroxyl groups is 2. The van der Waals surface area contributed by atoms with Gasteiger partial charge < -0.3 is 19.8 Å². The summed E-state index contributed by atoms with van der Waals surface area (Å²) in [5, 5.41) is 19.5. The summed E-state index contributed by atoms with van der Waals surface area (Å²) in [6, 6.07) is 8.66. The Labute approximate surface area is 155 Å². The Bertz CT molecular complexity index is 879. The number of amides is 1. The number of aldehydes is 2. The highest BCUT2D eigenvalue weighted by Gasteiger charge is 2.31. The molecule has 0 saturated carbocycles. The lowest BCUT2D eigenvalue weighted by Crippen LogP contribution is -2.39. The van der Waals surface area contributed by atoms with Crippen LogP contribution in [0.25, 0.3) is 0 Å². The lowest BCUT2D eigenvalue weighted by atomic mass is 10.1. The zero-order valence-electron chi connectivity index (χ0n) is 14.5. The molecule has 2 aromatic carbocycles. The molecule has 2 aromatic rings. The minimum Gasteiger partial charge on any atom is -0.507 e. The second-order valence-electron chi connectivity index (χ2n) is 6.27. The smallest absolute Gasteiger partial charge is 0.255 e. The van der Waals surface area contributed by atoms with Crippen molar-refractivity contribution in [2.75, 3.05) is 13.2 Å². The van der Waals surface area contributed by atoms with E-state index in [1.54, 1.807) is 17.0 Å². The van der Waals surface area contributed by atoms with Crippen molar-refractivity contribution in [2.45, 2.75) is 18.9 Å². The van der Waals surface area contributed by atoms with Crippen molar-refractivity contribution in [2.24, 2.45) is 0 Å². The van der Waals surface area contributed by atoms with Crippen LogP contribution >= 0.6 is 0 Å². The molecule has 140 valence electrons. The van der Waals surface area contributed by atoms with Gasteiger partial charge in [0, 0.05) is 6.54 Å². The number of phenolic OH excluding ortho intramolecular Hbond substituents is 2. The van der Waals surface area contributed by atoms with Crippen LogP contribution in [-0.2, 0) is 0 Å². The first kappa shape index (κ1) is 18.4. The summed E-state index contributed by atoms with van der Waals surface area (Å²) in [7, 11) is 0. The average Bonchev–Trinajstić information content (AvgIpc) is 3.14. The number of nitrogens with zero attached hydrogens (tertiary/aromatic N) is 1. The number of hydrogen-bond donors (Lipinski definition) is 2. The zero-order chi connectivity index (χ0) is 19.4. The number of ether oxygens (including phenoxy) is 1. The predicted octanol–water partition coefficient (Wildman–Crippen LogP) is 2.41. The van der Waals surface area contributed by atoms with Gasteiger partial charge >= 0.3 is 0 Å². The molecule has 1 saturated heterocycles. The molecule has 3 rings (SSSR count). The van der Waals surface area contributed by atoms with Gasteiger partial charge in [-0.2, -0.15) is 0 Å². The Morgan fingerprint density at radius 3 is 2.44 bits per heavy atom. The SMILES string of the molecule is O=Cc1c(O)cccc1OCC1CCCN1C(=O)c1cccc(O)c1C=O. The van der Waals surface area contributed by atoms with Gasteiger partial charge in [0.25, 0.3) is 5.91 Å². The van der Waals surface area contributed by atoms with Gasteiger partial charge in [-0.3, -0.25) is 14.4 Å². The third kappa shape index (κ3) is 3.62. The maximum atomic E-state index is 12.9. The van der Waals surface area contributed by atoms with Crippen LogP contribution in [0.4, 0.5) is 0 Å². The molecule has 1 heterocycles. The van der Waals surface area contributed by atoms with Crippen molar-refractivity contribution in [3.05, 3.63) is 53.1 Å². The molecule has 1 atom stereocenters. The molecule has 1 unspecified atom stereocenters. The molecule has 27 heavy (non-hydrogen) atoms. The second kappa shape index (κ2) is 7.90. The molecule has 1 amide bonds. The lowest BCUT2D eigenvalue weighted by molar-refractivity contribution is 0.0687. The van der Waals surface area contributed by atoms with E-state index in [1.165, 1.54) is 24.3 Å². The largest absolute Gasteiger partial charge is 0.507 e. The summed E-state index contributed by atoms with van der Waals surface area (Å²) in [4.78, 5) is 36.9. The van der Waals surface area contributed by atoms with Crippen molar-refractivity contribution >= 4 is 18.5 Å². The molecule has 0 bridgehead atoms. The number of carbonyl (C=O) groups is 3. The van der Waals surface area contributed by atoms with Crippen molar-refractivity contribution in [3.63, 3.8) is 0 Å². The van der Waals surface area contributed by atoms with E-state index in [-0.39, 0.29) is 52.5 Å². The maximum Gasteiger partial charge on any atom is 0.255 e. The molecule has 1 fully saturated rings. The van der Waals surface area contributed by atoms with E-state index < -0.39 is 0 Å². The zero-order valence-corrected chi connectivity index (χ0v) is 14.5. The van der Waals surface area contributed by atoms with Crippen LogP contribution in [0.1, 0.15) is 43.9 Å². The number of hydrogen-bond acceptors (Lipinski definition) is 6. The monoisotopic (exact) mass is 369 g/mol. The summed E-state index contributed by atoms with van der Waals surface area (Å²) >= 11 is 0. The van der Waals surface area contributed by atoms with Crippen LogP contribution in [0.15, 0.2) is 36.4 Å². The predicted molar refractivity (Wildman–Crippen MR) is 96.5 cm³/mol. The normalized spacial score (nSPS) is 16.1. The quantitative estimate of drug-likeness (QED) is 0.758. The van der Waals surface area contributed by atoms with Gasteiger partial charge in [-0.25, -0.2) is 0 Å². The van der Waals surface area contributed by atoms with Crippen LogP contribution in [-0.4, -0.2) is 52.8 Å². The van der Waals surface area contributed by atoms with Crippen LogP contribution in [0.5, 0.6) is 17.2 Å². The highest BCUT2D eigenvalue weighted by Crippen LogP contribution is 2.28. The van der Waals surface area contributed by atoms with Crippen molar-refractivity contribution in [1.82, 2.24) is 4.90 Å². The summed E-state index contributed by atoms with van der Waals surface area (Å²) in [6.07, 6.45) is 2.46. The van der Waals surface area contributed by atoms with Gasteiger partial charge in [0.1, 0.15) is 23.9 Å². The molecule has 0 radical (unpaired) electrons. The number of benzene rings is 2. The minimum atomic E-state index is -0.356. The van der Waals surface area contributed by atoms with Crippen molar-refractivity contribution in [1.29, 1.82) is 0 Å². The molecule has 1 aliphatic rings. The Balaban J connectivity index is 1.77. The van der Waals surface area contributed by atoms with E-state index >= 15 is 0 Å². The molecule has 2 N–H and O–H groups in total. The highest BCUT2D eigenvalue weighted by molar-refractivity contribution is 6.03. The molecule has 7 heteroatoms. The lowest BCUT2D eigenvalue weighted by Gasteiger charge is -2.25. The molecule has 0 spiro atoms. The summed E-state index contributed by atoms with van der Waals surface area (Å²) < 4.78 is 5.69. The first-order chi connectivity index (χ1) is 13.1. The summed E-state index contributed by atoms with van der Waals surface area (Å²) in [5.74, 6) is -0.517. The Hall–Kier alpha value is -3.35. The number of likely N-dealkylation sites (tertiary alicyclic amines) is 1. The molecule has 0 aliphatic carbocycles. The van der Waals surface area contributed by atoms with Gasteiger partial charge in [0.15, 0.2) is 12.6 Å². The van der Waals surface area contributed by atoms with Gasteiger partial charge in [0.05, 0.1) is 22.7 Å². The van der Waals surface area contributed by atoms with Crippen molar-refractivity contribution < 1.29 is 29.3 Å². The van der Waals surface area contributed by atoms with E-state index in [0.717, 1.165) is 6.42 Å². The van der Waals surface area contributed by atoms with E-state index in [2.05, 4.69) is 0 Å². The van der Waals surface area contributed by atoms with Crippen LogP contribution in [0.3, 0.4) is 0 Å². The Morgan fingerprint density at radius 1 is 1.07 bits per heavy atom. The fourth-order valence-corrected chi connectivity index (χ4v) is 3.26. The minimum absolute atomic E-state index is 0.0368. The van der Waals surface area contributed by atoms with Gasteiger partial charge in [-0.15, -0.1) is 0 Å². The fourth-order valence-electron chi connectivity index (χ4n) is 3.26. The van der Waals surface area contributed by atoms with Crippen LogP contribution in [0.2, 0.25) is 0 Å². The molecule has 7 nitrogen and oxygen atoms in total. The maximum absolute atomic E-state index is 12.9.